The first-order valence-corrected chi connectivity index (χ1v) is 7.83. The van der Waals surface area contributed by atoms with Crippen LogP contribution in [0.4, 0.5) is 4.39 Å². The summed E-state index contributed by atoms with van der Waals surface area (Å²) in [6, 6.07) is 2.52. The van der Waals surface area contributed by atoms with Crippen molar-refractivity contribution >= 4 is 10.0 Å². The predicted molar refractivity (Wildman–Crippen MR) is 75.1 cm³/mol. The summed E-state index contributed by atoms with van der Waals surface area (Å²) in [5, 5.41) is 0. The predicted octanol–water partition coefficient (Wildman–Crippen LogP) is 3.11. The van der Waals surface area contributed by atoms with E-state index < -0.39 is 15.8 Å². The third-order valence-corrected chi connectivity index (χ3v) is 5.28. The molecule has 1 aromatic carbocycles. The topological polar surface area (TPSA) is 37.4 Å². The highest BCUT2D eigenvalue weighted by atomic mass is 32.2. The van der Waals surface area contributed by atoms with Gasteiger partial charge in [0.2, 0.25) is 10.0 Å². The molecule has 0 N–H and O–H groups in total. The van der Waals surface area contributed by atoms with Gasteiger partial charge in [0.25, 0.3) is 0 Å². The Labute approximate surface area is 115 Å². The molecule has 0 aliphatic rings. The van der Waals surface area contributed by atoms with Crippen LogP contribution in [-0.2, 0) is 10.0 Å². The molecule has 0 aromatic heterocycles. The number of hydrogen-bond donors (Lipinski definition) is 0. The van der Waals surface area contributed by atoms with E-state index in [0.29, 0.717) is 23.6 Å². The van der Waals surface area contributed by atoms with Crippen molar-refractivity contribution in [2.45, 2.75) is 39.0 Å². The van der Waals surface area contributed by atoms with Gasteiger partial charge in [0.1, 0.15) is 5.82 Å². The standard InChI is InChI=1S/C14H22FNO2S/c1-10(2)6-7-16(5)19(17,18)14-11(3)8-13(15)9-12(14)4/h8-10H,6-7H2,1-5H3. The van der Waals surface area contributed by atoms with E-state index in [0.717, 1.165) is 6.42 Å². The zero-order chi connectivity index (χ0) is 14.8. The maximum absolute atomic E-state index is 13.2. The second-order valence-corrected chi connectivity index (χ2v) is 7.36. The number of benzene rings is 1. The van der Waals surface area contributed by atoms with Crippen molar-refractivity contribution < 1.29 is 12.8 Å². The molecule has 0 saturated carbocycles. The molecule has 0 amide bonds. The Morgan fingerprint density at radius 1 is 1.21 bits per heavy atom. The van der Waals surface area contributed by atoms with Crippen LogP contribution in [0.5, 0.6) is 0 Å². The van der Waals surface area contributed by atoms with E-state index in [2.05, 4.69) is 13.8 Å². The summed E-state index contributed by atoms with van der Waals surface area (Å²) in [4.78, 5) is 0.222. The summed E-state index contributed by atoms with van der Waals surface area (Å²) in [6.07, 6.45) is 0.801. The third kappa shape index (κ3) is 3.76. The van der Waals surface area contributed by atoms with Gasteiger partial charge < -0.3 is 0 Å². The minimum absolute atomic E-state index is 0.222. The molecule has 0 atom stereocenters. The number of aryl methyl sites for hydroxylation is 2. The fourth-order valence-corrected chi connectivity index (χ4v) is 3.61. The molecule has 0 spiro atoms. The number of nitrogens with zero attached hydrogens (tertiary/aromatic N) is 1. The highest BCUT2D eigenvalue weighted by Crippen LogP contribution is 2.24. The molecule has 5 heteroatoms. The zero-order valence-electron chi connectivity index (χ0n) is 12.2. The Morgan fingerprint density at radius 3 is 2.11 bits per heavy atom. The Bertz CT molecular complexity index is 530. The second-order valence-electron chi connectivity index (χ2n) is 5.38. The van der Waals surface area contributed by atoms with Gasteiger partial charge in [0.15, 0.2) is 0 Å². The van der Waals surface area contributed by atoms with E-state index in [9.17, 15) is 12.8 Å². The second kappa shape index (κ2) is 6.01. The molecule has 1 rings (SSSR count). The normalized spacial score (nSPS) is 12.4. The molecule has 3 nitrogen and oxygen atoms in total. The highest BCUT2D eigenvalue weighted by molar-refractivity contribution is 7.89. The summed E-state index contributed by atoms with van der Waals surface area (Å²) in [7, 11) is -1.98. The number of hydrogen-bond acceptors (Lipinski definition) is 2. The lowest BCUT2D eigenvalue weighted by Gasteiger charge is -2.20. The van der Waals surface area contributed by atoms with Crippen molar-refractivity contribution in [2.24, 2.45) is 5.92 Å². The fourth-order valence-electron chi connectivity index (χ4n) is 2.02. The quantitative estimate of drug-likeness (QED) is 0.834. The molecule has 0 unspecified atom stereocenters. The Kier molecular flexibility index (Phi) is 5.10. The van der Waals surface area contributed by atoms with Gasteiger partial charge in [-0.15, -0.1) is 0 Å². The van der Waals surface area contributed by atoms with E-state index in [1.165, 1.54) is 16.4 Å². The molecular weight excluding hydrogens is 265 g/mol. The Morgan fingerprint density at radius 2 is 1.68 bits per heavy atom. The molecule has 108 valence electrons. The molecule has 0 aliphatic carbocycles. The van der Waals surface area contributed by atoms with Crippen molar-refractivity contribution in [3.05, 3.63) is 29.1 Å². The van der Waals surface area contributed by atoms with Crippen molar-refractivity contribution in [2.75, 3.05) is 13.6 Å². The first-order valence-electron chi connectivity index (χ1n) is 6.39. The Hall–Kier alpha value is -0.940. The van der Waals surface area contributed by atoms with Crippen LogP contribution in [0, 0.1) is 25.6 Å². The molecule has 0 fully saturated rings. The molecule has 0 bridgehead atoms. The van der Waals surface area contributed by atoms with Gasteiger partial charge in [0.05, 0.1) is 4.90 Å². The molecule has 1 aromatic rings. The van der Waals surface area contributed by atoms with Gasteiger partial charge in [-0.2, -0.15) is 0 Å². The molecule has 19 heavy (non-hydrogen) atoms. The summed E-state index contributed by atoms with van der Waals surface area (Å²) in [5.74, 6) is 0.0341. The smallest absolute Gasteiger partial charge is 0.207 e. The first-order chi connectivity index (χ1) is 8.66. The monoisotopic (exact) mass is 287 g/mol. The fraction of sp³-hybridized carbons (Fsp3) is 0.571. The van der Waals surface area contributed by atoms with Crippen LogP contribution >= 0.6 is 0 Å². The van der Waals surface area contributed by atoms with Crippen LogP contribution in [0.15, 0.2) is 17.0 Å². The summed E-state index contributed by atoms with van der Waals surface area (Å²) in [6.45, 7) is 7.82. The number of sulfonamides is 1. The van der Waals surface area contributed by atoms with Crippen LogP contribution in [0.25, 0.3) is 0 Å². The first kappa shape index (κ1) is 16.1. The highest BCUT2D eigenvalue weighted by Gasteiger charge is 2.25. The van der Waals surface area contributed by atoms with E-state index in [4.69, 9.17) is 0 Å². The van der Waals surface area contributed by atoms with E-state index >= 15 is 0 Å². The van der Waals surface area contributed by atoms with Gasteiger partial charge in [0, 0.05) is 13.6 Å². The molecule has 0 aliphatic heterocycles. The summed E-state index contributed by atoms with van der Waals surface area (Å²) in [5.41, 5.74) is 0.905. The van der Waals surface area contributed by atoms with Gasteiger partial charge in [-0.1, -0.05) is 13.8 Å². The summed E-state index contributed by atoms with van der Waals surface area (Å²) < 4.78 is 39.6. The minimum Gasteiger partial charge on any atom is -0.207 e. The van der Waals surface area contributed by atoms with Crippen molar-refractivity contribution in [1.29, 1.82) is 0 Å². The van der Waals surface area contributed by atoms with Crippen LogP contribution in [0.1, 0.15) is 31.4 Å². The van der Waals surface area contributed by atoms with E-state index in [1.54, 1.807) is 20.9 Å². The molecule has 0 saturated heterocycles. The number of halogens is 1. The van der Waals surface area contributed by atoms with Crippen LogP contribution in [0.3, 0.4) is 0 Å². The zero-order valence-corrected chi connectivity index (χ0v) is 13.0. The average Bonchev–Trinajstić information content (AvgIpc) is 2.23. The SMILES string of the molecule is Cc1cc(F)cc(C)c1S(=O)(=O)N(C)CCC(C)C. The largest absolute Gasteiger partial charge is 0.243 e. The molecule has 0 radical (unpaired) electrons. The van der Waals surface area contributed by atoms with Crippen LogP contribution < -0.4 is 0 Å². The lowest BCUT2D eigenvalue weighted by molar-refractivity contribution is 0.427. The average molecular weight is 287 g/mol. The lowest BCUT2D eigenvalue weighted by Crippen LogP contribution is -2.29. The Balaban J connectivity index is 3.14. The van der Waals surface area contributed by atoms with Crippen molar-refractivity contribution in [3.8, 4) is 0 Å². The minimum atomic E-state index is -3.55. The van der Waals surface area contributed by atoms with E-state index in [-0.39, 0.29) is 4.90 Å². The van der Waals surface area contributed by atoms with Gasteiger partial charge in [-0.3, -0.25) is 0 Å². The van der Waals surface area contributed by atoms with Gasteiger partial charge in [-0.05, 0) is 49.4 Å². The summed E-state index contributed by atoms with van der Waals surface area (Å²) >= 11 is 0. The number of rotatable bonds is 5. The molecular formula is C14H22FNO2S. The van der Waals surface area contributed by atoms with Gasteiger partial charge in [-0.25, -0.2) is 17.1 Å². The lowest BCUT2D eigenvalue weighted by atomic mass is 10.1. The maximum atomic E-state index is 13.2. The van der Waals surface area contributed by atoms with Crippen molar-refractivity contribution in [3.63, 3.8) is 0 Å². The molecule has 0 heterocycles. The van der Waals surface area contributed by atoms with Crippen LogP contribution in [0.2, 0.25) is 0 Å². The van der Waals surface area contributed by atoms with Crippen molar-refractivity contribution in [1.82, 2.24) is 4.31 Å². The van der Waals surface area contributed by atoms with E-state index in [1.807, 2.05) is 0 Å². The van der Waals surface area contributed by atoms with Gasteiger partial charge >= 0.3 is 0 Å². The third-order valence-electron chi connectivity index (χ3n) is 3.11. The van der Waals surface area contributed by atoms with Crippen LogP contribution in [-0.4, -0.2) is 26.3 Å². The maximum Gasteiger partial charge on any atom is 0.243 e.